The quantitative estimate of drug-likeness (QED) is 0.673. The highest BCUT2D eigenvalue weighted by Crippen LogP contribution is 2.31. The Morgan fingerprint density at radius 1 is 1.00 bits per heavy atom. The summed E-state index contributed by atoms with van der Waals surface area (Å²) in [6.45, 7) is 6.55. The van der Waals surface area contributed by atoms with E-state index in [0.29, 0.717) is 5.41 Å². The van der Waals surface area contributed by atoms with Crippen molar-refractivity contribution in [2.75, 3.05) is 17.8 Å². The Balaban J connectivity index is 3.99. The second kappa shape index (κ2) is 5.72. The molecule has 0 amide bonds. The minimum absolute atomic E-state index is 0.00556. The molecular formula is C10H20Br2O. The summed E-state index contributed by atoms with van der Waals surface area (Å²) < 4.78 is 5.39. The fourth-order valence-electron chi connectivity index (χ4n) is 0.874. The summed E-state index contributed by atoms with van der Waals surface area (Å²) in [6, 6.07) is 0. The van der Waals surface area contributed by atoms with Gasteiger partial charge in [0.2, 0.25) is 0 Å². The van der Waals surface area contributed by atoms with E-state index in [9.17, 15) is 0 Å². The SMILES string of the molecule is COC(C)(C)CCC(C)(CBr)CBr. The average Bonchev–Trinajstić information content (AvgIpc) is 2.14. The first kappa shape index (κ1) is 13.9. The molecule has 1 nitrogen and oxygen atoms in total. The molecule has 0 aliphatic heterocycles. The van der Waals surface area contributed by atoms with Crippen molar-refractivity contribution < 1.29 is 4.74 Å². The largest absolute Gasteiger partial charge is 0.379 e. The van der Waals surface area contributed by atoms with Gasteiger partial charge in [-0.25, -0.2) is 0 Å². The molecule has 0 aromatic heterocycles. The Labute approximate surface area is 98.9 Å². The summed E-state index contributed by atoms with van der Waals surface area (Å²) in [6.07, 6.45) is 2.27. The van der Waals surface area contributed by atoms with Gasteiger partial charge in [0.25, 0.3) is 0 Å². The third-order valence-corrected chi connectivity index (χ3v) is 5.24. The Bertz CT molecular complexity index is 142. The fraction of sp³-hybridized carbons (Fsp3) is 1.00. The van der Waals surface area contributed by atoms with E-state index in [-0.39, 0.29) is 5.60 Å². The molecule has 0 fully saturated rings. The van der Waals surface area contributed by atoms with Crippen molar-refractivity contribution in [3.05, 3.63) is 0 Å². The van der Waals surface area contributed by atoms with Crippen molar-refractivity contribution >= 4 is 31.9 Å². The molecule has 0 atom stereocenters. The van der Waals surface area contributed by atoms with E-state index >= 15 is 0 Å². The first-order chi connectivity index (χ1) is 5.89. The maximum atomic E-state index is 5.39. The van der Waals surface area contributed by atoms with E-state index < -0.39 is 0 Å². The number of ether oxygens (including phenoxy) is 1. The van der Waals surface area contributed by atoms with E-state index in [1.54, 1.807) is 7.11 Å². The van der Waals surface area contributed by atoms with Gasteiger partial charge in [-0.1, -0.05) is 38.8 Å². The van der Waals surface area contributed by atoms with Crippen LogP contribution in [0.15, 0.2) is 0 Å². The molecule has 13 heavy (non-hydrogen) atoms. The van der Waals surface area contributed by atoms with Crippen molar-refractivity contribution in [3.8, 4) is 0 Å². The maximum Gasteiger partial charge on any atom is 0.0623 e. The van der Waals surface area contributed by atoms with Gasteiger partial charge >= 0.3 is 0 Å². The lowest BCUT2D eigenvalue weighted by Gasteiger charge is -2.30. The van der Waals surface area contributed by atoms with Crippen LogP contribution in [0.2, 0.25) is 0 Å². The lowest BCUT2D eigenvalue weighted by molar-refractivity contribution is 0.00763. The van der Waals surface area contributed by atoms with Crippen molar-refractivity contribution in [3.63, 3.8) is 0 Å². The summed E-state index contributed by atoms with van der Waals surface area (Å²) in [7, 11) is 1.78. The van der Waals surface area contributed by atoms with Gasteiger partial charge in [-0.2, -0.15) is 0 Å². The molecule has 0 radical (unpaired) electrons. The van der Waals surface area contributed by atoms with Crippen LogP contribution in [0.25, 0.3) is 0 Å². The molecule has 0 saturated carbocycles. The van der Waals surface area contributed by atoms with Gasteiger partial charge in [-0.3, -0.25) is 0 Å². The zero-order chi connectivity index (χ0) is 10.5. The van der Waals surface area contributed by atoms with E-state index in [1.807, 2.05) is 0 Å². The lowest BCUT2D eigenvalue weighted by Crippen LogP contribution is -2.28. The zero-order valence-corrected chi connectivity index (χ0v) is 12.2. The van der Waals surface area contributed by atoms with E-state index in [0.717, 1.165) is 17.1 Å². The number of methoxy groups -OCH3 is 1. The molecule has 0 aliphatic rings. The van der Waals surface area contributed by atoms with Crippen molar-refractivity contribution in [2.45, 2.75) is 39.2 Å². The molecule has 0 aromatic carbocycles. The second-order valence-corrected chi connectivity index (χ2v) is 5.66. The van der Waals surface area contributed by atoms with Crippen LogP contribution in [0.1, 0.15) is 33.6 Å². The third kappa shape index (κ3) is 5.38. The first-order valence-corrected chi connectivity index (χ1v) is 6.80. The topological polar surface area (TPSA) is 9.23 Å². The van der Waals surface area contributed by atoms with Crippen LogP contribution in [0.3, 0.4) is 0 Å². The normalized spacial score (nSPS) is 13.4. The summed E-state index contributed by atoms with van der Waals surface area (Å²) >= 11 is 7.10. The minimum atomic E-state index is 0.00556. The monoisotopic (exact) mass is 314 g/mol. The molecule has 0 heterocycles. The standard InChI is InChI=1S/C10H20Br2O/c1-9(2,13-4)5-6-10(3,7-11)8-12/h5-8H2,1-4H3. The maximum absolute atomic E-state index is 5.39. The predicted molar refractivity (Wildman–Crippen MR) is 66.0 cm³/mol. The second-order valence-electron chi connectivity index (χ2n) is 4.54. The first-order valence-electron chi connectivity index (χ1n) is 4.56. The summed E-state index contributed by atoms with van der Waals surface area (Å²) in [5.74, 6) is 0. The zero-order valence-electron chi connectivity index (χ0n) is 8.99. The number of halogens is 2. The smallest absolute Gasteiger partial charge is 0.0623 e. The Kier molecular flexibility index (Phi) is 6.12. The summed E-state index contributed by atoms with van der Waals surface area (Å²) in [4.78, 5) is 0. The molecule has 0 spiro atoms. The molecule has 0 aliphatic carbocycles. The van der Waals surface area contributed by atoms with E-state index in [2.05, 4.69) is 52.6 Å². The van der Waals surface area contributed by atoms with Crippen LogP contribution in [-0.4, -0.2) is 23.4 Å². The van der Waals surface area contributed by atoms with Crippen LogP contribution in [0, 0.1) is 5.41 Å². The van der Waals surface area contributed by atoms with Crippen molar-refractivity contribution in [1.29, 1.82) is 0 Å². The van der Waals surface area contributed by atoms with Gasteiger partial charge in [-0.05, 0) is 32.1 Å². The highest BCUT2D eigenvalue weighted by Gasteiger charge is 2.26. The van der Waals surface area contributed by atoms with Crippen LogP contribution in [0.4, 0.5) is 0 Å². The molecule has 80 valence electrons. The van der Waals surface area contributed by atoms with Crippen LogP contribution < -0.4 is 0 Å². The molecule has 0 N–H and O–H groups in total. The highest BCUT2D eigenvalue weighted by atomic mass is 79.9. The van der Waals surface area contributed by atoms with Crippen molar-refractivity contribution in [1.82, 2.24) is 0 Å². The van der Waals surface area contributed by atoms with Gasteiger partial charge in [0.15, 0.2) is 0 Å². The predicted octanol–water partition coefficient (Wildman–Crippen LogP) is 3.99. The fourth-order valence-corrected chi connectivity index (χ4v) is 2.36. The summed E-state index contributed by atoms with van der Waals surface area (Å²) in [5, 5.41) is 2.07. The molecule has 0 bridgehead atoms. The third-order valence-electron chi connectivity index (χ3n) is 2.53. The number of alkyl halides is 2. The highest BCUT2D eigenvalue weighted by molar-refractivity contribution is 9.09. The van der Waals surface area contributed by atoms with Crippen molar-refractivity contribution in [2.24, 2.45) is 5.41 Å². The van der Waals surface area contributed by atoms with Gasteiger partial charge in [-0.15, -0.1) is 0 Å². The molecule has 0 unspecified atom stereocenters. The average molecular weight is 316 g/mol. The molecule has 0 saturated heterocycles. The Morgan fingerprint density at radius 3 is 1.77 bits per heavy atom. The van der Waals surface area contributed by atoms with Crippen LogP contribution in [-0.2, 0) is 4.74 Å². The van der Waals surface area contributed by atoms with E-state index in [1.165, 1.54) is 6.42 Å². The van der Waals surface area contributed by atoms with Gasteiger partial charge in [0, 0.05) is 17.8 Å². The van der Waals surface area contributed by atoms with E-state index in [4.69, 9.17) is 4.74 Å². The minimum Gasteiger partial charge on any atom is -0.379 e. The summed E-state index contributed by atoms with van der Waals surface area (Å²) in [5.41, 5.74) is 0.349. The Hall–Kier alpha value is 0.920. The van der Waals surface area contributed by atoms with Gasteiger partial charge < -0.3 is 4.74 Å². The molecule has 3 heteroatoms. The van der Waals surface area contributed by atoms with Gasteiger partial charge in [0.05, 0.1) is 5.60 Å². The number of hydrogen-bond donors (Lipinski definition) is 0. The molecule has 0 rings (SSSR count). The van der Waals surface area contributed by atoms with Crippen LogP contribution >= 0.6 is 31.9 Å². The van der Waals surface area contributed by atoms with Crippen LogP contribution in [0.5, 0.6) is 0 Å². The number of rotatable bonds is 6. The molecule has 0 aromatic rings. The lowest BCUT2D eigenvalue weighted by atomic mass is 9.86. The Morgan fingerprint density at radius 2 is 1.46 bits per heavy atom. The molecular weight excluding hydrogens is 296 g/mol. The van der Waals surface area contributed by atoms with Gasteiger partial charge in [0.1, 0.15) is 0 Å². The number of hydrogen-bond acceptors (Lipinski definition) is 1.